The molecule has 0 heterocycles. The monoisotopic (exact) mass is 171 g/mol. The number of carboxylic acid groups (broad SMARTS) is 1. The van der Waals surface area contributed by atoms with Gasteiger partial charge >= 0.3 is 5.97 Å². The third-order valence-corrected chi connectivity index (χ3v) is 2.65. The van der Waals surface area contributed by atoms with Crippen LogP contribution in [0.25, 0.3) is 0 Å². The molecule has 0 aromatic carbocycles. The second-order valence-electron chi connectivity index (χ2n) is 3.66. The van der Waals surface area contributed by atoms with E-state index in [-0.39, 0.29) is 18.4 Å². The molecule has 1 aliphatic rings. The summed E-state index contributed by atoms with van der Waals surface area (Å²) in [6.07, 6.45) is 5.76. The van der Waals surface area contributed by atoms with Gasteiger partial charge in [-0.05, 0) is 18.8 Å². The zero-order valence-corrected chi connectivity index (χ0v) is 7.33. The van der Waals surface area contributed by atoms with E-state index in [9.17, 15) is 4.79 Å². The standard InChI is InChI=1S/C9H17NO2/c10-8-5-3-1-2-4-7(8)6-9(11)12/h7-8H,1-6,10H2,(H,11,12). The van der Waals surface area contributed by atoms with Crippen molar-refractivity contribution in [3.63, 3.8) is 0 Å². The van der Waals surface area contributed by atoms with Crippen LogP contribution in [0.2, 0.25) is 0 Å². The average Bonchev–Trinajstić information content (AvgIpc) is 2.16. The van der Waals surface area contributed by atoms with Crippen molar-refractivity contribution in [2.45, 2.75) is 44.6 Å². The summed E-state index contributed by atoms with van der Waals surface area (Å²) in [6.45, 7) is 0. The normalized spacial score (nSPS) is 31.1. The first-order valence-electron chi connectivity index (χ1n) is 4.67. The molecular weight excluding hydrogens is 154 g/mol. The van der Waals surface area contributed by atoms with Gasteiger partial charge in [-0.25, -0.2) is 0 Å². The Labute approximate surface area is 72.9 Å². The fourth-order valence-electron chi connectivity index (χ4n) is 1.89. The molecule has 1 aliphatic carbocycles. The van der Waals surface area contributed by atoms with Gasteiger partial charge in [0.2, 0.25) is 0 Å². The number of hydrogen-bond acceptors (Lipinski definition) is 2. The Hall–Kier alpha value is -0.570. The molecule has 0 spiro atoms. The maximum absolute atomic E-state index is 10.5. The van der Waals surface area contributed by atoms with E-state index < -0.39 is 5.97 Å². The van der Waals surface area contributed by atoms with Crippen LogP contribution in [0.3, 0.4) is 0 Å². The van der Waals surface area contributed by atoms with Crippen LogP contribution in [0, 0.1) is 5.92 Å². The number of rotatable bonds is 2. The van der Waals surface area contributed by atoms with Gasteiger partial charge in [0, 0.05) is 12.5 Å². The predicted molar refractivity (Wildman–Crippen MR) is 46.8 cm³/mol. The van der Waals surface area contributed by atoms with E-state index in [0.717, 1.165) is 25.7 Å². The van der Waals surface area contributed by atoms with Crippen molar-refractivity contribution >= 4 is 5.97 Å². The van der Waals surface area contributed by atoms with E-state index in [4.69, 9.17) is 10.8 Å². The summed E-state index contributed by atoms with van der Waals surface area (Å²) in [4.78, 5) is 10.5. The van der Waals surface area contributed by atoms with Crippen molar-refractivity contribution in [3.8, 4) is 0 Å². The van der Waals surface area contributed by atoms with Crippen molar-refractivity contribution in [2.24, 2.45) is 11.7 Å². The Morgan fingerprint density at radius 2 is 2.00 bits per heavy atom. The second-order valence-corrected chi connectivity index (χ2v) is 3.66. The highest BCUT2D eigenvalue weighted by atomic mass is 16.4. The minimum Gasteiger partial charge on any atom is -0.481 e. The van der Waals surface area contributed by atoms with Gasteiger partial charge in [0.25, 0.3) is 0 Å². The fraction of sp³-hybridized carbons (Fsp3) is 0.889. The first kappa shape index (κ1) is 9.52. The van der Waals surface area contributed by atoms with Crippen LogP contribution in [0.4, 0.5) is 0 Å². The smallest absolute Gasteiger partial charge is 0.303 e. The predicted octanol–water partition coefficient (Wildman–Crippen LogP) is 1.37. The van der Waals surface area contributed by atoms with Crippen LogP contribution in [0.15, 0.2) is 0 Å². The summed E-state index contributed by atoms with van der Waals surface area (Å²) >= 11 is 0. The van der Waals surface area contributed by atoms with Crippen molar-refractivity contribution in [3.05, 3.63) is 0 Å². The van der Waals surface area contributed by atoms with Crippen molar-refractivity contribution in [1.29, 1.82) is 0 Å². The second kappa shape index (κ2) is 4.45. The van der Waals surface area contributed by atoms with Gasteiger partial charge in [0.1, 0.15) is 0 Å². The molecule has 2 atom stereocenters. The molecule has 3 nitrogen and oxygen atoms in total. The van der Waals surface area contributed by atoms with E-state index in [1.54, 1.807) is 0 Å². The first-order valence-corrected chi connectivity index (χ1v) is 4.67. The molecule has 0 amide bonds. The van der Waals surface area contributed by atoms with Crippen LogP contribution in [0.5, 0.6) is 0 Å². The van der Waals surface area contributed by atoms with E-state index in [0.29, 0.717) is 0 Å². The number of hydrogen-bond donors (Lipinski definition) is 2. The molecule has 2 unspecified atom stereocenters. The molecule has 0 aliphatic heterocycles. The first-order chi connectivity index (χ1) is 5.70. The van der Waals surface area contributed by atoms with Gasteiger partial charge in [-0.15, -0.1) is 0 Å². The summed E-state index contributed by atoms with van der Waals surface area (Å²) in [6, 6.07) is 0.114. The number of carboxylic acids is 1. The van der Waals surface area contributed by atoms with Crippen molar-refractivity contribution in [1.82, 2.24) is 0 Å². The summed E-state index contributed by atoms with van der Waals surface area (Å²) in [7, 11) is 0. The quantitative estimate of drug-likeness (QED) is 0.617. The summed E-state index contributed by atoms with van der Waals surface area (Å²) < 4.78 is 0. The van der Waals surface area contributed by atoms with Crippen LogP contribution in [0.1, 0.15) is 38.5 Å². The zero-order valence-electron chi connectivity index (χ0n) is 7.33. The summed E-state index contributed by atoms with van der Waals surface area (Å²) in [5, 5.41) is 8.62. The molecule has 3 heteroatoms. The maximum Gasteiger partial charge on any atom is 0.303 e. The molecule has 0 aromatic rings. The topological polar surface area (TPSA) is 63.3 Å². The van der Waals surface area contributed by atoms with Crippen molar-refractivity contribution in [2.75, 3.05) is 0 Å². The maximum atomic E-state index is 10.5. The molecule has 12 heavy (non-hydrogen) atoms. The number of carbonyl (C=O) groups is 1. The molecule has 3 N–H and O–H groups in total. The summed E-state index contributed by atoms with van der Waals surface area (Å²) in [5.74, 6) is -0.498. The van der Waals surface area contributed by atoms with Gasteiger partial charge in [-0.3, -0.25) is 4.79 Å². The highest BCUT2D eigenvalue weighted by molar-refractivity contribution is 5.67. The van der Waals surface area contributed by atoms with E-state index >= 15 is 0 Å². The molecule has 0 aromatic heterocycles. The molecule has 1 rings (SSSR count). The molecule has 0 bridgehead atoms. The van der Waals surface area contributed by atoms with Crippen molar-refractivity contribution < 1.29 is 9.90 Å². The zero-order chi connectivity index (χ0) is 8.97. The lowest BCUT2D eigenvalue weighted by Crippen LogP contribution is -2.30. The summed E-state index contributed by atoms with van der Waals surface area (Å²) in [5.41, 5.74) is 5.86. The molecule has 0 saturated heterocycles. The highest BCUT2D eigenvalue weighted by Gasteiger charge is 2.22. The van der Waals surface area contributed by atoms with Crippen LogP contribution < -0.4 is 5.73 Å². The van der Waals surface area contributed by atoms with Crippen LogP contribution in [-0.4, -0.2) is 17.1 Å². The van der Waals surface area contributed by atoms with Gasteiger partial charge < -0.3 is 10.8 Å². The SMILES string of the molecule is NC1CCCCCC1CC(=O)O. The lowest BCUT2D eigenvalue weighted by atomic mass is 9.92. The van der Waals surface area contributed by atoms with Gasteiger partial charge in [-0.2, -0.15) is 0 Å². The van der Waals surface area contributed by atoms with Gasteiger partial charge in [0.15, 0.2) is 0 Å². The lowest BCUT2D eigenvalue weighted by molar-refractivity contribution is -0.138. The third-order valence-electron chi connectivity index (χ3n) is 2.65. The average molecular weight is 171 g/mol. The Kier molecular flexibility index (Phi) is 3.53. The van der Waals surface area contributed by atoms with E-state index in [1.807, 2.05) is 0 Å². The minimum atomic E-state index is -0.711. The minimum absolute atomic E-state index is 0.114. The molecule has 1 fully saturated rings. The van der Waals surface area contributed by atoms with Gasteiger partial charge in [0.05, 0.1) is 0 Å². The Bertz CT molecular complexity index is 159. The molecule has 0 radical (unpaired) electrons. The third kappa shape index (κ3) is 2.81. The number of nitrogens with two attached hydrogens (primary N) is 1. The van der Waals surface area contributed by atoms with Crippen LogP contribution in [-0.2, 0) is 4.79 Å². The lowest BCUT2D eigenvalue weighted by Gasteiger charge is -2.18. The largest absolute Gasteiger partial charge is 0.481 e. The number of aliphatic carboxylic acids is 1. The molecule has 70 valence electrons. The highest BCUT2D eigenvalue weighted by Crippen LogP contribution is 2.24. The Morgan fingerprint density at radius 1 is 1.33 bits per heavy atom. The Balaban J connectivity index is 2.41. The fourth-order valence-corrected chi connectivity index (χ4v) is 1.89. The molecule has 1 saturated carbocycles. The van der Waals surface area contributed by atoms with E-state index in [2.05, 4.69) is 0 Å². The Morgan fingerprint density at radius 3 is 2.67 bits per heavy atom. The molecular formula is C9H17NO2. The van der Waals surface area contributed by atoms with Gasteiger partial charge in [-0.1, -0.05) is 19.3 Å². The van der Waals surface area contributed by atoms with E-state index in [1.165, 1.54) is 6.42 Å². The van der Waals surface area contributed by atoms with Crippen LogP contribution >= 0.6 is 0 Å².